The summed E-state index contributed by atoms with van der Waals surface area (Å²) in [6.07, 6.45) is 4.09. The summed E-state index contributed by atoms with van der Waals surface area (Å²) < 4.78 is 5.09. The standard InChI is InChI=1S/C17H27NO2/c1-14(2)18-17(19)20-13-9-5-6-10-15(3)16-11-7-4-8-12-16/h4,7-8,11-12,14-15H,5-6,9-10,13H2,1-3H3,(H,18,19)/t15-/m0/s1. The molecule has 3 nitrogen and oxygen atoms in total. The molecule has 0 saturated heterocycles. The van der Waals surface area contributed by atoms with Crippen molar-refractivity contribution in [2.24, 2.45) is 0 Å². The fraction of sp³-hybridized carbons (Fsp3) is 0.588. The summed E-state index contributed by atoms with van der Waals surface area (Å²) in [6, 6.07) is 10.7. The highest BCUT2D eigenvalue weighted by Crippen LogP contribution is 2.21. The number of ether oxygens (including phenoxy) is 1. The van der Waals surface area contributed by atoms with Crippen LogP contribution in [0.1, 0.15) is 57.9 Å². The van der Waals surface area contributed by atoms with Crippen LogP contribution in [0.5, 0.6) is 0 Å². The van der Waals surface area contributed by atoms with Gasteiger partial charge < -0.3 is 10.1 Å². The number of hydrogen-bond acceptors (Lipinski definition) is 2. The fourth-order valence-corrected chi connectivity index (χ4v) is 2.12. The number of carbonyl (C=O) groups is 1. The Morgan fingerprint density at radius 3 is 2.45 bits per heavy atom. The molecule has 0 heterocycles. The summed E-state index contributed by atoms with van der Waals surface area (Å²) in [5.74, 6) is 0.598. The number of alkyl carbamates (subject to hydrolysis) is 1. The van der Waals surface area contributed by atoms with Crippen molar-refractivity contribution in [1.29, 1.82) is 0 Å². The van der Waals surface area contributed by atoms with Gasteiger partial charge in [0, 0.05) is 6.04 Å². The lowest BCUT2D eigenvalue weighted by molar-refractivity contribution is 0.141. The van der Waals surface area contributed by atoms with E-state index in [0.717, 1.165) is 12.8 Å². The van der Waals surface area contributed by atoms with Crippen LogP contribution in [0.2, 0.25) is 0 Å². The zero-order valence-electron chi connectivity index (χ0n) is 12.9. The molecule has 0 aliphatic heterocycles. The minimum atomic E-state index is -0.308. The normalized spacial score (nSPS) is 12.2. The number of unbranched alkanes of at least 4 members (excludes halogenated alkanes) is 2. The van der Waals surface area contributed by atoms with Crippen molar-refractivity contribution >= 4 is 6.09 Å². The first-order chi connectivity index (χ1) is 9.59. The average Bonchev–Trinajstić information content (AvgIpc) is 2.42. The molecule has 1 atom stereocenters. The van der Waals surface area contributed by atoms with Crippen molar-refractivity contribution < 1.29 is 9.53 Å². The Morgan fingerprint density at radius 2 is 1.80 bits per heavy atom. The minimum Gasteiger partial charge on any atom is -0.450 e. The van der Waals surface area contributed by atoms with Gasteiger partial charge in [-0.15, -0.1) is 0 Å². The van der Waals surface area contributed by atoms with Crippen LogP contribution in [0, 0.1) is 0 Å². The Morgan fingerprint density at radius 1 is 1.10 bits per heavy atom. The van der Waals surface area contributed by atoms with E-state index in [1.807, 2.05) is 13.8 Å². The van der Waals surface area contributed by atoms with E-state index < -0.39 is 0 Å². The van der Waals surface area contributed by atoms with Gasteiger partial charge in [-0.05, 0) is 38.2 Å². The predicted molar refractivity (Wildman–Crippen MR) is 82.9 cm³/mol. The first-order valence-electron chi connectivity index (χ1n) is 7.58. The molecule has 0 aliphatic rings. The maximum absolute atomic E-state index is 11.2. The third kappa shape index (κ3) is 7.17. The molecular weight excluding hydrogens is 250 g/mol. The molecule has 1 amide bonds. The zero-order valence-corrected chi connectivity index (χ0v) is 12.9. The SMILES string of the molecule is CC(C)NC(=O)OCCCCC[C@H](C)c1ccccc1. The van der Waals surface area contributed by atoms with Gasteiger partial charge in [0.25, 0.3) is 0 Å². The highest BCUT2D eigenvalue weighted by molar-refractivity contribution is 5.67. The molecular formula is C17H27NO2. The Labute approximate surface area is 122 Å². The van der Waals surface area contributed by atoms with Gasteiger partial charge in [-0.3, -0.25) is 0 Å². The fourth-order valence-electron chi connectivity index (χ4n) is 2.12. The van der Waals surface area contributed by atoms with Gasteiger partial charge in [-0.25, -0.2) is 4.79 Å². The molecule has 0 radical (unpaired) electrons. The van der Waals surface area contributed by atoms with Gasteiger partial charge in [0.05, 0.1) is 6.61 Å². The van der Waals surface area contributed by atoms with Gasteiger partial charge in [-0.2, -0.15) is 0 Å². The number of amides is 1. The van der Waals surface area contributed by atoms with Gasteiger partial charge in [0.15, 0.2) is 0 Å². The zero-order chi connectivity index (χ0) is 14.8. The summed E-state index contributed by atoms with van der Waals surface area (Å²) in [5.41, 5.74) is 1.40. The summed E-state index contributed by atoms with van der Waals surface area (Å²) >= 11 is 0. The number of benzene rings is 1. The van der Waals surface area contributed by atoms with Gasteiger partial charge >= 0.3 is 6.09 Å². The Balaban J connectivity index is 2.04. The molecule has 3 heteroatoms. The molecule has 0 unspecified atom stereocenters. The molecule has 112 valence electrons. The number of hydrogen-bond donors (Lipinski definition) is 1. The molecule has 1 N–H and O–H groups in total. The Kier molecular flexibility index (Phi) is 7.78. The monoisotopic (exact) mass is 277 g/mol. The number of rotatable bonds is 8. The first kappa shape index (κ1) is 16.5. The van der Waals surface area contributed by atoms with Crippen LogP contribution in [0.25, 0.3) is 0 Å². The van der Waals surface area contributed by atoms with Crippen molar-refractivity contribution in [3.8, 4) is 0 Å². The predicted octanol–water partition coefficient (Wildman–Crippen LogP) is 4.49. The van der Waals surface area contributed by atoms with Crippen molar-refractivity contribution in [2.75, 3.05) is 6.61 Å². The highest BCUT2D eigenvalue weighted by Gasteiger charge is 2.05. The van der Waals surface area contributed by atoms with E-state index in [1.54, 1.807) is 0 Å². The molecule has 0 bridgehead atoms. The highest BCUT2D eigenvalue weighted by atomic mass is 16.5. The third-order valence-electron chi connectivity index (χ3n) is 3.29. The lowest BCUT2D eigenvalue weighted by Crippen LogP contribution is -2.30. The van der Waals surface area contributed by atoms with E-state index in [-0.39, 0.29) is 12.1 Å². The summed E-state index contributed by atoms with van der Waals surface area (Å²) in [7, 11) is 0. The molecule has 0 saturated carbocycles. The van der Waals surface area contributed by atoms with Crippen LogP contribution in [0.15, 0.2) is 30.3 Å². The Bertz CT molecular complexity index is 376. The van der Waals surface area contributed by atoms with E-state index in [1.165, 1.54) is 18.4 Å². The molecule has 0 fully saturated rings. The van der Waals surface area contributed by atoms with Crippen molar-refractivity contribution in [3.05, 3.63) is 35.9 Å². The van der Waals surface area contributed by atoms with Crippen LogP contribution in [0.4, 0.5) is 4.79 Å². The van der Waals surface area contributed by atoms with Crippen LogP contribution < -0.4 is 5.32 Å². The summed E-state index contributed by atoms with van der Waals surface area (Å²) in [5, 5.41) is 2.71. The Hall–Kier alpha value is -1.51. The van der Waals surface area contributed by atoms with E-state index in [0.29, 0.717) is 12.5 Å². The van der Waals surface area contributed by atoms with Crippen LogP contribution in [-0.4, -0.2) is 18.7 Å². The maximum atomic E-state index is 11.2. The van der Waals surface area contributed by atoms with Gasteiger partial charge in [0.2, 0.25) is 0 Å². The summed E-state index contributed by atoms with van der Waals surface area (Å²) in [6.45, 7) is 6.62. The second kappa shape index (κ2) is 9.40. The molecule has 0 spiro atoms. The molecule has 1 rings (SSSR count). The molecule has 0 aromatic heterocycles. The molecule has 1 aromatic rings. The van der Waals surface area contributed by atoms with Crippen molar-refractivity contribution in [3.63, 3.8) is 0 Å². The molecule has 0 aliphatic carbocycles. The van der Waals surface area contributed by atoms with Crippen molar-refractivity contribution in [2.45, 2.75) is 58.4 Å². The molecule has 1 aromatic carbocycles. The van der Waals surface area contributed by atoms with Gasteiger partial charge in [0.1, 0.15) is 0 Å². The van der Waals surface area contributed by atoms with E-state index >= 15 is 0 Å². The topological polar surface area (TPSA) is 38.3 Å². The van der Waals surface area contributed by atoms with Crippen LogP contribution in [0.3, 0.4) is 0 Å². The number of carbonyl (C=O) groups excluding carboxylic acids is 1. The van der Waals surface area contributed by atoms with E-state index in [9.17, 15) is 4.79 Å². The minimum absolute atomic E-state index is 0.134. The lowest BCUT2D eigenvalue weighted by Gasteiger charge is -2.12. The van der Waals surface area contributed by atoms with Crippen LogP contribution in [-0.2, 0) is 4.74 Å². The molecule has 20 heavy (non-hydrogen) atoms. The van der Waals surface area contributed by atoms with E-state index in [4.69, 9.17) is 4.74 Å². The first-order valence-corrected chi connectivity index (χ1v) is 7.58. The van der Waals surface area contributed by atoms with Gasteiger partial charge in [-0.1, -0.05) is 50.1 Å². The summed E-state index contributed by atoms with van der Waals surface area (Å²) in [4.78, 5) is 11.2. The van der Waals surface area contributed by atoms with Crippen molar-refractivity contribution in [1.82, 2.24) is 5.32 Å². The van der Waals surface area contributed by atoms with Crippen LogP contribution >= 0.6 is 0 Å². The number of nitrogens with one attached hydrogen (secondary N) is 1. The van der Waals surface area contributed by atoms with E-state index in [2.05, 4.69) is 42.6 Å². The average molecular weight is 277 g/mol. The largest absolute Gasteiger partial charge is 0.450 e. The second-order valence-corrected chi connectivity index (χ2v) is 5.60. The second-order valence-electron chi connectivity index (χ2n) is 5.60. The quantitative estimate of drug-likeness (QED) is 0.711. The maximum Gasteiger partial charge on any atom is 0.407 e. The lowest BCUT2D eigenvalue weighted by atomic mass is 9.95. The third-order valence-corrected chi connectivity index (χ3v) is 3.29. The smallest absolute Gasteiger partial charge is 0.407 e.